The number of nitrogens with zero attached hydrogens (tertiary/aromatic N) is 3. The summed E-state index contributed by atoms with van der Waals surface area (Å²) in [4.78, 5) is 26.2. The van der Waals surface area contributed by atoms with Gasteiger partial charge in [-0.3, -0.25) is 14.9 Å². The number of hydrogen-bond acceptors (Lipinski definition) is 5. The van der Waals surface area contributed by atoms with Gasteiger partial charge in [-0.15, -0.1) is 0 Å². The summed E-state index contributed by atoms with van der Waals surface area (Å²) in [6, 6.07) is 4.30. The molecule has 0 radical (unpaired) electrons. The zero-order valence-corrected chi connectivity index (χ0v) is 12.0. The molecule has 1 heterocycles. The minimum atomic E-state index is -0.582. The second-order valence-electron chi connectivity index (χ2n) is 3.79. The summed E-state index contributed by atoms with van der Waals surface area (Å²) in [5.74, 6) is -0.226. The van der Waals surface area contributed by atoms with Crippen molar-refractivity contribution in [1.29, 1.82) is 0 Å². The normalized spacial score (nSPS) is 10.3. The van der Waals surface area contributed by atoms with E-state index in [4.69, 9.17) is 4.74 Å². The van der Waals surface area contributed by atoms with E-state index in [1.807, 2.05) is 0 Å². The largest absolute Gasteiger partial charge is 0.427 e. The number of benzene rings is 1. The van der Waals surface area contributed by atoms with Crippen molar-refractivity contribution in [2.24, 2.45) is 0 Å². The fraction of sp³-hybridized carbons (Fsp3) is 0.167. The van der Waals surface area contributed by atoms with E-state index in [1.165, 1.54) is 29.1 Å². The molecule has 0 aliphatic heterocycles. The first-order valence-corrected chi connectivity index (χ1v) is 6.49. The molecule has 7 nitrogen and oxygen atoms in total. The van der Waals surface area contributed by atoms with E-state index in [9.17, 15) is 14.9 Å². The Balaban J connectivity index is 2.45. The van der Waals surface area contributed by atoms with Crippen LogP contribution in [-0.2, 0) is 6.54 Å². The van der Waals surface area contributed by atoms with Gasteiger partial charge < -0.3 is 9.30 Å². The molecule has 104 valence electrons. The summed E-state index contributed by atoms with van der Waals surface area (Å²) in [6.45, 7) is 2.26. The first kappa shape index (κ1) is 14.2. The molecule has 0 fully saturated rings. The molecule has 0 atom stereocenters. The van der Waals surface area contributed by atoms with Gasteiger partial charge in [0.05, 0.1) is 4.92 Å². The highest BCUT2D eigenvalue weighted by molar-refractivity contribution is 9.10. The lowest BCUT2D eigenvalue weighted by Gasteiger charge is -2.07. The zero-order valence-electron chi connectivity index (χ0n) is 10.4. The molecule has 0 aliphatic carbocycles. The van der Waals surface area contributed by atoms with Crippen molar-refractivity contribution in [2.75, 3.05) is 0 Å². The second kappa shape index (κ2) is 5.83. The van der Waals surface area contributed by atoms with Gasteiger partial charge in [0.1, 0.15) is 0 Å². The van der Waals surface area contributed by atoms with E-state index < -0.39 is 10.5 Å². The SMILES string of the molecule is CCn1ccnc(Oc2ccc(Br)cc2[N+](=O)[O-])c1=O. The van der Waals surface area contributed by atoms with Crippen LogP contribution >= 0.6 is 15.9 Å². The predicted molar refractivity (Wildman–Crippen MR) is 75.0 cm³/mol. The van der Waals surface area contributed by atoms with E-state index in [1.54, 1.807) is 13.0 Å². The van der Waals surface area contributed by atoms with Crippen molar-refractivity contribution in [3.05, 3.63) is 55.5 Å². The maximum Gasteiger partial charge on any atom is 0.313 e. The Hall–Kier alpha value is -2.22. The van der Waals surface area contributed by atoms with E-state index in [0.29, 0.717) is 11.0 Å². The van der Waals surface area contributed by atoms with Crippen LogP contribution in [0.15, 0.2) is 39.9 Å². The average Bonchev–Trinajstić information content (AvgIpc) is 2.42. The van der Waals surface area contributed by atoms with Gasteiger partial charge in [-0.1, -0.05) is 15.9 Å². The van der Waals surface area contributed by atoms with Gasteiger partial charge in [0, 0.05) is 29.5 Å². The Morgan fingerprint density at radius 1 is 1.50 bits per heavy atom. The lowest BCUT2D eigenvalue weighted by atomic mass is 10.3. The number of ether oxygens (including phenoxy) is 1. The van der Waals surface area contributed by atoms with Crippen molar-refractivity contribution in [2.45, 2.75) is 13.5 Å². The third kappa shape index (κ3) is 2.85. The van der Waals surface area contributed by atoms with E-state index in [2.05, 4.69) is 20.9 Å². The Labute approximate surface area is 122 Å². The maximum atomic E-state index is 11.9. The molecule has 8 heteroatoms. The first-order valence-electron chi connectivity index (χ1n) is 5.70. The molecule has 1 aromatic heterocycles. The van der Waals surface area contributed by atoms with Crippen molar-refractivity contribution in [1.82, 2.24) is 9.55 Å². The Kier molecular flexibility index (Phi) is 4.14. The van der Waals surface area contributed by atoms with Crippen LogP contribution < -0.4 is 10.3 Å². The van der Waals surface area contributed by atoms with Gasteiger partial charge in [-0.2, -0.15) is 0 Å². The number of rotatable bonds is 4. The number of halogens is 1. The van der Waals surface area contributed by atoms with Gasteiger partial charge in [-0.05, 0) is 19.1 Å². The molecule has 2 rings (SSSR count). The molecular formula is C12H10BrN3O4. The molecular weight excluding hydrogens is 330 g/mol. The molecule has 0 aliphatic rings. The number of hydrogen-bond donors (Lipinski definition) is 0. The number of aromatic nitrogens is 2. The third-order valence-electron chi connectivity index (χ3n) is 2.55. The van der Waals surface area contributed by atoms with Crippen LogP contribution in [0.4, 0.5) is 5.69 Å². The topological polar surface area (TPSA) is 87.3 Å². The summed E-state index contributed by atoms with van der Waals surface area (Å²) in [5, 5.41) is 11.0. The van der Waals surface area contributed by atoms with Gasteiger partial charge >= 0.3 is 11.2 Å². The number of aryl methyl sites for hydroxylation is 1. The van der Waals surface area contributed by atoms with Crippen molar-refractivity contribution in [3.8, 4) is 11.6 Å². The predicted octanol–water partition coefficient (Wildman–Crippen LogP) is 2.73. The summed E-state index contributed by atoms with van der Waals surface area (Å²) in [5.41, 5.74) is -0.681. The molecule has 0 spiro atoms. The molecule has 0 bridgehead atoms. The fourth-order valence-corrected chi connectivity index (χ4v) is 1.92. The molecule has 1 aromatic carbocycles. The highest BCUT2D eigenvalue weighted by atomic mass is 79.9. The van der Waals surface area contributed by atoms with Crippen molar-refractivity contribution >= 4 is 21.6 Å². The summed E-state index contributed by atoms with van der Waals surface area (Å²) in [7, 11) is 0. The average molecular weight is 340 g/mol. The molecule has 0 N–H and O–H groups in total. The van der Waals surface area contributed by atoms with Crippen LogP contribution in [0.25, 0.3) is 0 Å². The van der Waals surface area contributed by atoms with E-state index in [-0.39, 0.29) is 17.3 Å². The van der Waals surface area contributed by atoms with Crippen molar-refractivity contribution in [3.63, 3.8) is 0 Å². The molecule has 0 amide bonds. The fourth-order valence-electron chi connectivity index (χ4n) is 1.57. The zero-order chi connectivity index (χ0) is 14.7. The minimum absolute atomic E-state index is 0.0309. The maximum absolute atomic E-state index is 11.9. The monoisotopic (exact) mass is 339 g/mol. The Morgan fingerprint density at radius 2 is 2.25 bits per heavy atom. The van der Waals surface area contributed by atoms with E-state index in [0.717, 1.165) is 0 Å². The lowest BCUT2D eigenvalue weighted by Crippen LogP contribution is -2.20. The molecule has 2 aromatic rings. The number of nitro groups is 1. The molecule has 20 heavy (non-hydrogen) atoms. The lowest BCUT2D eigenvalue weighted by molar-refractivity contribution is -0.385. The van der Waals surface area contributed by atoms with Gasteiger partial charge in [0.25, 0.3) is 5.88 Å². The smallest absolute Gasteiger partial charge is 0.313 e. The second-order valence-corrected chi connectivity index (χ2v) is 4.71. The Bertz CT molecular complexity index is 714. The standard InChI is InChI=1S/C12H10BrN3O4/c1-2-15-6-5-14-11(12(15)17)20-10-4-3-8(13)7-9(10)16(18)19/h3-7H,2H2,1H3. The van der Waals surface area contributed by atoms with Crippen LogP contribution in [0.3, 0.4) is 0 Å². The van der Waals surface area contributed by atoms with Crippen LogP contribution in [0.5, 0.6) is 11.6 Å². The number of nitro benzene ring substituents is 1. The summed E-state index contributed by atoms with van der Waals surface area (Å²) in [6.07, 6.45) is 2.93. The summed E-state index contributed by atoms with van der Waals surface area (Å²) >= 11 is 3.15. The minimum Gasteiger partial charge on any atom is -0.427 e. The van der Waals surface area contributed by atoms with Crippen molar-refractivity contribution < 1.29 is 9.66 Å². The highest BCUT2D eigenvalue weighted by Crippen LogP contribution is 2.32. The molecule has 0 saturated carbocycles. The summed E-state index contributed by atoms with van der Waals surface area (Å²) < 4.78 is 7.23. The third-order valence-corrected chi connectivity index (χ3v) is 3.04. The van der Waals surface area contributed by atoms with Gasteiger partial charge in [0.2, 0.25) is 5.75 Å². The Morgan fingerprint density at radius 3 is 2.90 bits per heavy atom. The van der Waals surface area contributed by atoms with Crippen LogP contribution in [0.2, 0.25) is 0 Å². The van der Waals surface area contributed by atoms with Gasteiger partial charge in [-0.25, -0.2) is 4.98 Å². The quantitative estimate of drug-likeness (QED) is 0.631. The highest BCUT2D eigenvalue weighted by Gasteiger charge is 2.18. The van der Waals surface area contributed by atoms with Gasteiger partial charge in [0.15, 0.2) is 0 Å². The van der Waals surface area contributed by atoms with Crippen LogP contribution in [-0.4, -0.2) is 14.5 Å². The first-order chi connectivity index (χ1) is 9.52. The molecule has 0 saturated heterocycles. The van der Waals surface area contributed by atoms with Crippen LogP contribution in [0, 0.1) is 10.1 Å². The molecule has 0 unspecified atom stereocenters. The van der Waals surface area contributed by atoms with Crippen LogP contribution in [0.1, 0.15) is 6.92 Å². The van der Waals surface area contributed by atoms with E-state index >= 15 is 0 Å².